The summed E-state index contributed by atoms with van der Waals surface area (Å²) in [7, 11) is 0. The van der Waals surface area contributed by atoms with Crippen LogP contribution in [0, 0.1) is 10.6 Å². The van der Waals surface area contributed by atoms with Crippen LogP contribution >= 0.6 is 12.2 Å². The SMILES string of the molecule is Oc1ccc(-c2n[nH]c(=S)n2/N=C/c2ccccc2F)cc1. The predicted molar refractivity (Wildman–Crippen MR) is 83.9 cm³/mol. The summed E-state index contributed by atoms with van der Waals surface area (Å²) in [4.78, 5) is 0. The number of hydrogen-bond acceptors (Lipinski definition) is 4. The van der Waals surface area contributed by atoms with Gasteiger partial charge in [0.05, 0.1) is 6.21 Å². The molecule has 2 aromatic carbocycles. The van der Waals surface area contributed by atoms with Gasteiger partial charge in [-0.05, 0) is 42.5 Å². The van der Waals surface area contributed by atoms with Crippen molar-refractivity contribution in [2.24, 2.45) is 5.10 Å². The van der Waals surface area contributed by atoms with E-state index < -0.39 is 0 Å². The van der Waals surface area contributed by atoms with Gasteiger partial charge in [0.1, 0.15) is 11.6 Å². The fourth-order valence-electron chi connectivity index (χ4n) is 1.90. The van der Waals surface area contributed by atoms with Gasteiger partial charge in [0.25, 0.3) is 0 Å². The lowest BCUT2D eigenvalue weighted by atomic mass is 10.2. The van der Waals surface area contributed by atoms with Gasteiger partial charge in [-0.3, -0.25) is 0 Å². The molecule has 3 rings (SSSR count). The van der Waals surface area contributed by atoms with Gasteiger partial charge in [0.15, 0.2) is 5.82 Å². The van der Waals surface area contributed by atoms with Crippen LogP contribution in [0.5, 0.6) is 5.75 Å². The van der Waals surface area contributed by atoms with Crippen LogP contribution in [0.1, 0.15) is 5.56 Å². The minimum absolute atomic E-state index is 0.152. The maximum Gasteiger partial charge on any atom is 0.216 e. The monoisotopic (exact) mass is 314 g/mol. The maximum absolute atomic E-state index is 13.6. The molecule has 1 aromatic heterocycles. The number of aromatic nitrogens is 3. The Morgan fingerprint density at radius 3 is 2.64 bits per heavy atom. The number of phenolic OH excluding ortho intramolecular Hbond substituents is 1. The van der Waals surface area contributed by atoms with Gasteiger partial charge < -0.3 is 5.11 Å². The van der Waals surface area contributed by atoms with Crippen molar-refractivity contribution in [3.05, 3.63) is 64.7 Å². The average molecular weight is 314 g/mol. The van der Waals surface area contributed by atoms with Gasteiger partial charge in [-0.2, -0.15) is 14.9 Å². The summed E-state index contributed by atoms with van der Waals surface area (Å²) in [6.07, 6.45) is 1.38. The van der Waals surface area contributed by atoms with Crippen LogP contribution in [0.25, 0.3) is 11.4 Å². The largest absolute Gasteiger partial charge is 0.508 e. The van der Waals surface area contributed by atoms with Gasteiger partial charge in [-0.25, -0.2) is 9.49 Å². The molecule has 0 saturated heterocycles. The summed E-state index contributed by atoms with van der Waals surface area (Å²) in [6.45, 7) is 0. The lowest BCUT2D eigenvalue weighted by Gasteiger charge is -2.01. The number of nitrogens with one attached hydrogen (secondary N) is 1. The molecule has 0 bridgehead atoms. The Kier molecular flexibility index (Phi) is 3.80. The van der Waals surface area contributed by atoms with E-state index in [0.717, 1.165) is 5.56 Å². The third kappa shape index (κ3) is 2.79. The summed E-state index contributed by atoms with van der Waals surface area (Å²) in [5.41, 5.74) is 1.07. The smallest absolute Gasteiger partial charge is 0.216 e. The van der Waals surface area contributed by atoms with E-state index >= 15 is 0 Å². The van der Waals surface area contributed by atoms with E-state index in [1.165, 1.54) is 29.1 Å². The van der Waals surface area contributed by atoms with E-state index in [-0.39, 0.29) is 16.3 Å². The van der Waals surface area contributed by atoms with Crippen LogP contribution < -0.4 is 0 Å². The molecule has 0 atom stereocenters. The second kappa shape index (κ2) is 5.90. The first kappa shape index (κ1) is 14.2. The highest BCUT2D eigenvalue weighted by atomic mass is 32.1. The first-order valence-corrected chi connectivity index (χ1v) is 6.81. The first-order chi connectivity index (χ1) is 10.6. The summed E-state index contributed by atoms with van der Waals surface area (Å²) in [5.74, 6) is 0.254. The summed E-state index contributed by atoms with van der Waals surface area (Å²) >= 11 is 5.13. The normalized spacial score (nSPS) is 11.1. The molecular formula is C15H11FN4OS. The molecule has 0 radical (unpaired) electrons. The molecule has 0 amide bonds. The van der Waals surface area contributed by atoms with Crippen molar-refractivity contribution in [3.8, 4) is 17.1 Å². The van der Waals surface area contributed by atoms with Crippen molar-refractivity contribution in [3.63, 3.8) is 0 Å². The highest BCUT2D eigenvalue weighted by molar-refractivity contribution is 7.71. The van der Waals surface area contributed by atoms with Crippen molar-refractivity contribution in [1.29, 1.82) is 0 Å². The third-order valence-corrected chi connectivity index (χ3v) is 3.26. The maximum atomic E-state index is 13.6. The van der Waals surface area contributed by atoms with Crippen LogP contribution in [-0.4, -0.2) is 26.2 Å². The van der Waals surface area contributed by atoms with E-state index in [0.29, 0.717) is 11.4 Å². The highest BCUT2D eigenvalue weighted by Crippen LogP contribution is 2.20. The average Bonchev–Trinajstić information content (AvgIpc) is 2.88. The number of benzene rings is 2. The summed E-state index contributed by atoms with van der Waals surface area (Å²) in [6, 6.07) is 12.8. The molecule has 0 aliphatic rings. The molecule has 3 aromatic rings. The fourth-order valence-corrected chi connectivity index (χ4v) is 2.08. The number of nitrogens with zero attached hydrogens (tertiary/aromatic N) is 3. The number of aromatic hydroxyl groups is 1. The molecule has 5 nitrogen and oxygen atoms in total. The quantitative estimate of drug-likeness (QED) is 0.575. The van der Waals surface area contributed by atoms with E-state index in [1.807, 2.05) is 0 Å². The molecule has 0 spiro atoms. The van der Waals surface area contributed by atoms with Crippen molar-refractivity contribution >= 4 is 18.4 Å². The minimum Gasteiger partial charge on any atom is -0.508 e. The first-order valence-electron chi connectivity index (χ1n) is 6.41. The number of phenols is 1. The summed E-state index contributed by atoms with van der Waals surface area (Å²) in [5, 5.41) is 20.3. The molecule has 0 saturated carbocycles. The number of halogens is 1. The van der Waals surface area contributed by atoms with Gasteiger partial charge in [-0.15, -0.1) is 0 Å². The standard InChI is InChI=1S/C15H11FN4OS/c16-13-4-2-1-3-11(13)9-17-20-14(18-19-15(20)22)10-5-7-12(21)8-6-10/h1-9,21H,(H,19,22)/b17-9+. The molecule has 110 valence electrons. The molecule has 1 heterocycles. The molecule has 7 heteroatoms. The lowest BCUT2D eigenvalue weighted by Crippen LogP contribution is -1.96. The molecule has 0 fully saturated rings. The topological polar surface area (TPSA) is 66.2 Å². The second-order valence-electron chi connectivity index (χ2n) is 4.48. The summed E-state index contributed by atoms with van der Waals surface area (Å²) < 4.78 is 15.3. The van der Waals surface area contributed by atoms with Crippen molar-refractivity contribution < 1.29 is 9.50 Å². The number of rotatable bonds is 3. The third-order valence-electron chi connectivity index (χ3n) is 2.99. The van der Waals surface area contributed by atoms with Crippen LogP contribution in [-0.2, 0) is 0 Å². The Balaban J connectivity index is 2.01. The Bertz CT molecular complexity index is 883. The number of aromatic amines is 1. The molecule has 0 aliphatic heterocycles. The lowest BCUT2D eigenvalue weighted by molar-refractivity contribution is 0.475. The van der Waals surface area contributed by atoms with E-state index in [1.54, 1.807) is 30.3 Å². The Hall–Kier alpha value is -2.80. The van der Waals surface area contributed by atoms with E-state index in [4.69, 9.17) is 12.2 Å². The minimum atomic E-state index is -0.368. The zero-order chi connectivity index (χ0) is 15.5. The molecule has 22 heavy (non-hydrogen) atoms. The van der Waals surface area contributed by atoms with Gasteiger partial charge in [0.2, 0.25) is 4.77 Å². The van der Waals surface area contributed by atoms with E-state index in [9.17, 15) is 9.50 Å². The van der Waals surface area contributed by atoms with Gasteiger partial charge in [0, 0.05) is 11.1 Å². The van der Waals surface area contributed by atoms with Crippen molar-refractivity contribution in [1.82, 2.24) is 14.9 Å². The Morgan fingerprint density at radius 2 is 1.91 bits per heavy atom. The van der Waals surface area contributed by atoms with Crippen LogP contribution in [0.15, 0.2) is 53.6 Å². The van der Waals surface area contributed by atoms with E-state index in [2.05, 4.69) is 15.3 Å². The predicted octanol–water partition coefficient (Wildman–Crippen LogP) is 3.33. The van der Waals surface area contributed by atoms with Crippen LogP contribution in [0.4, 0.5) is 4.39 Å². The van der Waals surface area contributed by atoms with Gasteiger partial charge >= 0.3 is 0 Å². The van der Waals surface area contributed by atoms with Crippen LogP contribution in [0.3, 0.4) is 0 Å². The Labute approximate surface area is 130 Å². The zero-order valence-electron chi connectivity index (χ0n) is 11.3. The molecule has 2 N–H and O–H groups in total. The second-order valence-corrected chi connectivity index (χ2v) is 4.86. The highest BCUT2D eigenvalue weighted by Gasteiger charge is 2.08. The Morgan fingerprint density at radius 1 is 1.18 bits per heavy atom. The van der Waals surface area contributed by atoms with Gasteiger partial charge in [-0.1, -0.05) is 18.2 Å². The van der Waals surface area contributed by atoms with Crippen LogP contribution in [0.2, 0.25) is 0 Å². The molecule has 0 aliphatic carbocycles. The number of hydrogen-bond donors (Lipinski definition) is 2. The number of H-pyrrole nitrogens is 1. The van der Waals surface area contributed by atoms with Crippen molar-refractivity contribution in [2.75, 3.05) is 0 Å². The van der Waals surface area contributed by atoms with Crippen molar-refractivity contribution in [2.45, 2.75) is 0 Å². The molecule has 0 unspecified atom stereocenters. The molecular weight excluding hydrogens is 303 g/mol. The zero-order valence-corrected chi connectivity index (χ0v) is 12.1. The fraction of sp³-hybridized carbons (Fsp3) is 0.